The molecular weight excluding hydrogens is 340 g/mol. The van der Waals surface area contributed by atoms with Gasteiger partial charge in [0.15, 0.2) is 0 Å². The Balaban J connectivity index is 0.000000502. The SMILES string of the molecule is C=CC(CC)C(N)CC(CCC)CCC.CNCCc1ccccc1Cl. The molecule has 2 nitrogen and oxygen atoms in total. The third-order valence-electron chi connectivity index (χ3n) is 4.93. The lowest BCUT2D eigenvalue weighted by molar-refractivity contribution is 0.336. The van der Waals surface area contributed by atoms with E-state index in [0.717, 1.165) is 30.3 Å². The van der Waals surface area contributed by atoms with Crippen LogP contribution in [0.1, 0.15) is 64.9 Å². The smallest absolute Gasteiger partial charge is 0.0438 e. The number of nitrogens with two attached hydrogens (primary N) is 1. The first-order valence-electron chi connectivity index (χ1n) is 10.3. The zero-order valence-corrected chi connectivity index (χ0v) is 18.2. The van der Waals surface area contributed by atoms with Crippen LogP contribution in [0.15, 0.2) is 36.9 Å². The second-order valence-electron chi connectivity index (χ2n) is 7.10. The quantitative estimate of drug-likeness (QED) is 0.421. The van der Waals surface area contributed by atoms with Crippen LogP contribution < -0.4 is 11.1 Å². The Morgan fingerprint density at radius 3 is 2.23 bits per heavy atom. The Morgan fingerprint density at radius 2 is 1.77 bits per heavy atom. The average Bonchev–Trinajstić information content (AvgIpc) is 2.63. The predicted octanol–water partition coefficient (Wildman–Crippen LogP) is 6.23. The number of rotatable bonds is 12. The van der Waals surface area contributed by atoms with Gasteiger partial charge in [-0.2, -0.15) is 0 Å². The second kappa shape index (κ2) is 16.4. The van der Waals surface area contributed by atoms with Crippen LogP contribution in [0.3, 0.4) is 0 Å². The van der Waals surface area contributed by atoms with Crippen LogP contribution in [0.2, 0.25) is 5.02 Å². The molecule has 0 amide bonds. The van der Waals surface area contributed by atoms with E-state index in [1.54, 1.807) is 0 Å². The third kappa shape index (κ3) is 11.0. The van der Waals surface area contributed by atoms with Crippen molar-refractivity contribution in [2.45, 2.75) is 71.8 Å². The van der Waals surface area contributed by atoms with E-state index in [-0.39, 0.29) is 0 Å². The fourth-order valence-electron chi connectivity index (χ4n) is 3.36. The highest BCUT2D eigenvalue weighted by molar-refractivity contribution is 6.31. The van der Waals surface area contributed by atoms with Crippen LogP contribution in [0, 0.1) is 11.8 Å². The van der Waals surface area contributed by atoms with Crippen molar-refractivity contribution in [1.82, 2.24) is 5.32 Å². The Hall–Kier alpha value is -0.830. The van der Waals surface area contributed by atoms with Crippen LogP contribution in [-0.4, -0.2) is 19.6 Å². The largest absolute Gasteiger partial charge is 0.327 e. The van der Waals surface area contributed by atoms with Gasteiger partial charge in [-0.3, -0.25) is 0 Å². The van der Waals surface area contributed by atoms with E-state index in [2.05, 4.69) is 38.7 Å². The summed E-state index contributed by atoms with van der Waals surface area (Å²) >= 11 is 5.93. The molecule has 0 spiro atoms. The van der Waals surface area contributed by atoms with Gasteiger partial charge in [0.2, 0.25) is 0 Å². The number of likely N-dealkylation sites (N-methyl/N-ethyl adjacent to an activating group) is 1. The standard InChI is InChI=1S/C14H29N.C9H12ClN/c1-5-9-12(10-6-2)11-14(15)13(7-3)8-4;1-11-7-6-8-4-2-3-5-9(8)10/h7,12-14H,3,5-6,8-11,15H2,1-2,4H3;2-5,11H,6-7H2,1H3. The highest BCUT2D eigenvalue weighted by Gasteiger charge is 2.17. The molecule has 0 aromatic heterocycles. The first-order valence-corrected chi connectivity index (χ1v) is 10.7. The zero-order chi connectivity index (χ0) is 19.8. The van der Waals surface area contributed by atoms with E-state index >= 15 is 0 Å². The minimum atomic E-state index is 0.315. The molecule has 150 valence electrons. The maximum atomic E-state index is 6.23. The van der Waals surface area contributed by atoms with Gasteiger partial charge in [-0.05, 0) is 56.3 Å². The van der Waals surface area contributed by atoms with Crippen LogP contribution in [-0.2, 0) is 6.42 Å². The fraction of sp³-hybridized carbons (Fsp3) is 0.652. The molecule has 0 radical (unpaired) electrons. The van der Waals surface area contributed by atoms with Crippen LogP contribution in [0.5, 0.6) is 0 Å². The van der Waals surface area contributed by atoms with E-state index in [1.165, 1.54) is 37.7 Å². The lowest BCUT2D eigenvalue weighted by atomic mass is 9.85. The topological polar surface area (TPSA) is 38.0 Å². The Morgan fingerprint density at radius 1 is 1.15 bits per heavy atom. The molecule has 0 bridgehead atoms. The molecule has 0 fully saturated rings. The summed E-state index contributed by atoms with van der Waals surface area (Å²) in [5.41, 5.74) is 7.44. The maximum absolute atomic E-state index is 6.23. The molecular formula is C23H41ClN2. The van der Waals surface area contributed by atoms with E-state index in [4.69, 9.17) is 17.3 Å². The molecule has 1 aromatic carbocycles. The lowest BCUT2D eigenvalue weighted by Gasteiger charge is -2.24. The zero-order valence-electron chi connectivity index (χ0n) is 17.4. The first kappa shape index (κ1) is 25.2. The Kier molecular flexibility index (Phi) is 15.8. The minimum Gasteiger partial charge on any atom is -0.327 e. The van der Waals surface area contributed by atoms with E-state index in [0.29, 0.717) is 12.0 Å². The van der Waals surface area contributed by atoms with Gasteiger partial charge in [-0.1, -0.05) is 82.3 Å². The summed E-state index contributed by atoms with van der Waals surface area (Å²) in [4.78, 5) is 0. The van der Waals surface area contributed by atoms with Crippen molar-refractivity contribution >= 4 is 11.6 Å². The van der Waals surface area contributed by atoms with Gasteiger partial charge in [0, 0.05) is 11.1 Å². The van der Waals surface area contributed by atoms with Crippen molar-refractivity contribution in [3.63, 3.8) is 0 Å². The number of nitrogens with one attached hydrogen (secondary N) is 1. The maximum Gasteiger partial charge on any atom is 0.0438 e. The van der Waals surface area contributed by atoms with Gasteiger partial charge in [-0.25, -0.2) is 0 Å². The summed E-state index contributed by atoms with van der Waals surface area (Å²) in [5.74, 6) is 1.32. The molecule has 0 saturated carbocycles. The van der Waals surface area contributed by atoms with Crippen LogP contribution in [0.25, 0.3) is 0 Å². The highest BCUT2D eigenvalue weighted by Crippen LogP contribution is 2.23. The normalized spacial score (nSPS) is 13.0. The van der Waals surface area contributed by atoms with Gasteiger partial charge < -0.3 is 11.1 Å². The molecule has 3 heteroatoms. The van der Waals surface area contributed by atoms with Crippen LogP contribution in [0.4, 0.5) is 0 Å². The van der Waals surface area contributed by atoms with Gasteiger partial charge in [0.1, 0.15) is 0 Å². The lowest BCUT2D eigenvalue weighted by Crippen LogP contribution is -2.31. The number of benzene rings is 1. The summed E-state index contributed by atoms with van der Waals surface area (Å²) in [6.45, 7) is 11.6. The first-order chi connectivity index (χ1) is 12.5. The molecule has 2 atom stereocenters. The summed E-state index contributed by atoms with van der Waals surface area (Å²) < 4.78 is 0. The van der Waals surface area contributed by atoms with Gasteiger partial charge >= 0.3 is 0 Å². The summed E-state index contributed by atoms with van der Waals surface area (Å²) in [7, 11) is 1.94. The second-order valence-corrected chi connectivity index (χ2v) is 7.50. The molecule has 2 unspecified atom stereocenters. The molecule has 1 rings (SSSR count). The molecule has 0 aliphatic rings. The molecule has 26 heavy (non-hydrogen) atoms. The molecule has 0 aliphatic carbocycles. The van der Waals surface area contributed by atoms with E-state index in [9.17, 15) is 0 Å². The predicted molar refractivity (Wildman–Crippen MR) is 119 cm³/mol. The van der Waals surface area contributed by atoms with Crippen molar-refractivity contribution in [3.8, 4) is 0 Å². The van der Waals surface area contributed by atoms with E-state index < -0.39 is 0 Å². The molecule has 0 aliphatic heterocycles. The van der Waals surface area contributed by atoms with Crippen molar-refractivity contribution in [2.24, 2.45) is 17.6 Å². The van der Waals surface area contributed by atoms with Crippen molar-refractivity contribution in [2.75, 3.05) is 13.6 Å². The minimum absolute atomic E-state index is 0.315. The Bertz CT molecular complexity index is 455. The average molecular weight is 381 g/mol. The van der Waals surface area contributed by atoms with Crippen molar-refractivity contribution in [1.29, 1.82) is 0 Å². The van der Waals surface area contributed by atoms with Gasteiger partial charge in [-0.15, -0.1) is 6.58 Å². The van der Waals surface area contributed by atoms with E-state index in [1.807, 2.05) is 31.3 Å². The molecule has 3 N–H and O–H groups in total. The molecule has 0 heterocycles. The van der Waals surface area contributed by atoms with Crippen molar-refractivity contribution in [3.05, 3.63) is 47.5 Å². The molecule has 0 saturated heterocycles. The number of hydrogen-bond acceptors (Lipinski definition) is 2. The van der Waals surface area contributed by atoms with Gasteiger partial charge in [0.25, 0.3) is 0 Å². The number of hydrogen-bond donors (Lipinski definition) is 2. The third-order valence-corrected chi connectivity index (χ3v) is 5.29. The van der Waals surface area contributed by atoms with Crippen molar-refractivity contribution < 1.29 is 0 Å². The highest BCUT2D eigenvalue weighted by atomic mass is 35.5. The number of halogens is 1. The summed E-state index contributed by atoms with van der Waals surface area (Å²) in [6.07, 6.45) is 10.5. The Labute approximate surface area is 167 Å². The summed E-state index contributed by atoms with van der Waals surface area (Å²) in [5, 5.41) is 3.95. The fourth-order valence-corrected chi connectivity index (χ4v) is 3.59. The molecule has 1 aromatic rings. The van der Waals surface area contributed by atoms with Gasteiger partial charge in [0.05, 0.1) is 0 Å². The summed E-state index contributed by atoms with van der Waals surface area (Å²) in [6, 6.07) is 8.25. The monoisotopic (exact) mass is 380 g/mol. The van der Waals surface area contributed by atoms with Crippen LogP contribution >= 0.6 is 11.6 Å².